The Morgan fingerprint density at radius 3 is 2.50 bits per heavy atom. The zero-order chi connectivity index (χ0) is 14.8. The number of carbonyl (C=O) groups is 1. The molecule has 0 aliphatic carbocycles. The van der Waals surface area contributed by atoms with Gasteiger partial charge in [-0.1, -0.05) is 39.7 Å². The van der Waals surface area contributed by atoms with Crippen molar-refractivity contribution in [3.8, 4) is 5.75 Å². The molecular formula is C17H21BrO2. The van der Waals surface area contributed by atoms with Crippen LogP contribution in [0.25, 0.3) is 0 Å². The van der Waals surface area contributed by atoms with Crippen molar-refractivity contribution < 1.29 is 9.53 Å². The van der Waals surface area contributed by atoms with E-state index >= 15 is 0 Å². The Morgan fingerprint density at radius 1 is 1.20 bits per heavy atom. The lowest BCUT2D eigenvalue weighted by atomic mass is 10.1. The fraction of sp³-hybridized carbons (Fsp3) is 0.353. The molecule has 0 atom stereocenters. The molecule has 0 N–H and O–H groups in total. The SMILES string of the molecule is CC(C)=CCCC(=O)c1ccc(OCC=CCBr)cc1. The van der Waals surface area contributed by atoms with Crippen molar-refractivity contribution in [3.05, 3.63) is 53.6 Å². The predicted octanol–water partition coefficient (Wildman–Crippen LogP) is 4.95. The Balaban J connectivity index is 2.47. The van der Waals surface area contributed by atoms with Gasteiger partial charge in [-0.15, -0.1) is 0 Å². The van der Waals surface area contributed by atoms with Crippen LogP contribution in [0, 0.1) is 0 Å². The Morgan fingerprint density at radius 2 is 1.90 bits per heavy atom. The molecule has 0 aromatic heterocycles. The number of Topliss-reactive ketones (excluding diaryl/α,β-unsaturated/α-hetero) is 1. The summed E-state index contributed by atoms with van der Waals surface area (Å²) in [6.45, 7) is 4.63. The maximum Gasteiger partial charge on any atom is 0.163 e. The third kappa shape index (κ3) is 6.71. The summed E-state index contributed by atoms with van der Waals surface area (Å²) >= 11 is 3.31. The van der Waals surface area contributed by atoms with Gasteiger partial charge in [0.05, 0.1) is 0 Å². The molecule has 3 heteroatoms. The van der Waals surface area contributed by atoms with Crippen molar-refractivity contribution >= 4 is 21.7 Å². The Hall–Kier alpha value is -1.35. The third-order valence-electron chi connectivity index (χ3n) is 2.70. The second kappa shape index (κ2) is 9.54. The fourth-order valence-electron chi connectivity index (χ4n) is 1.65. The van der Waals surface area contributed by atoms with E-state index < -0.39 is 0 Å². The molecule has 108 valence electrons. The highest BCUT2D eigenvalue weighted by atomic mass is 79.9. The van der Waals surface area contributed by atoms with Crippen LogP contribution < -0.4 is 4.74 Å². The van der Waals surface area contributed by atoms with Gasteiger partial charge in [-0.3, -0.25) is 4.79 Å². The van der Waals surface area contributed by atoms with E-state index in [2.05, 4.69) is 22.0 Å². The number of hydrogen-bond donors (Lipinski definition) is 0. The van der Waals surface area contributed by atoms with Crippen LogP contribution in [0.3, 0.4) is 0 Å². The molecule has 0 aliphatic heterocycles. The highest BCUT2D eigenvalue weighted by Crippen LogP contribution is 2.14. The standard InChI is InChI=1S/C17H21BrO2/c1-14(2)6-5-7-17(19)15-8-10-16(11-9-15)20-13-4-3-12-18/h3-4,6,8-11H,5,7,12-13H2,1-2H3. The molecule has 0 radical (unpaired) electrons. The normalized spacial score (nSPS) is 10.6. The van der Waals surface area contributed by atoms with Gasteiger partial charge in [0.15, 0.2) is 5.78 Å². The first-order valence-corrected chi connectivity index (χ1v) is 7.86. The van der Waals surface area contributed by atoms with E-state index in [1.54, 1.807) is 0 Å². The maximum absolute atomic E-state index is 12.0. The van der Waals surface area contributed by atoms with Gasteiger partial charge in [0.25, 0.3) is 0 Å². The van der Waals surface area contributed by atoms with Gasteiger partial charge in [-0.05, 0) is 44.5 Å². The lowest BCUT2D eigenvalue weighted by molar-refractivity contribution is 0.0983. The number of benzene rings is 1. The first-order valence-electron chi connectivity index (χ1n) is 6.74. The molecule has 20 heavy (non-hydrogen) atoms. The van der Waals surface area contributed by atoms with Gasteiger partial charge in [-0.2, -0.15) is 0 Å². The van der Waals surface area contributed by atoms with E-state index in [0.29, 0.717) is 13.0 Å². The average Bonchev–Trinajstić information content (AvgIpc) is 2.44. The van der Waals surface area contributed by atoms with Gasteiger partial charge in [0, 0.05) is 17.3 Å². The first kappa shape index (κ1) is 16.7. The molecule has 0 fully saturated rings. The molecule has 0 amide bonds. The molecule has 0 bridgehead atoms. The smallest absolute Gasteiger partial charge is 0.163 e. The zero-order valence-electron chi connectivity index (χ0n) is 12.1. The van der Waals surface area contributed by atoms with Crippen LogP contribution in [-0.2, 0) is 0 Å². The second-order valence-corrected chi connectivity index (χ2v) is 5.35. The molecule has 0 spiro atoms. The van der Waals surface area contributed by atoms with Gasteiger partial charge >= 0.3 is 0 Å². The largest absolute Gasteiger partial charge is 0.490 e. The number of allylic oxidation sites excluding steroid dienone is 3. The van der Waals surface area contributed by atoms with Crippen LogP contribution in [0.1, 0.15) is 37.0 Å². The van der Waals surface area contributed by atoms with E-state index in [4.69, 9.17) is 4.74 Å². The zero-order valence-corrected chi connectivity index (χ0v) is 13.7. The summed E-state index contributed by atoms with van der Waals surface area (Å²) in [7, 11) is 0. The molecule has 0 heterocycles. The number of ether oxygens (including phenoxy) is 1. The van der Waals surface area contributed by atoms with Crippen LogP contribution in [0.5, 0.6) is 5.75 Å². The van der Waals surface area contributed by atoms with E-state index in [1.807, 2.05) is 50.3 Å². The molecule has 0 saturated carbocycles. The highest BCUT2D eigenvalue weighted by Gasteiger charge is 2.04. The van der Waals surface area contributed by atoms with Crippen LogP contribution >= 0.6 is 15.9 Å². The lowest BCUT2D eigenvalue weighted by Gasteiger charge is -2.04. The van der Waals surface area contributed by atoms with Crippen LogP contribution in [-0.4, -0.2) is 17.7 Å². The van der Waals surface area contributed by atoms with Crippen LogP contribution in [0.4, 0.5) is 0 Å². The van der Waals surface area contributed by atoms with Crippen LogP contribution in [0.15, 0.2) is 48.1 Å². The number of rotatable bonds is 8. The first-order chi connectivity index (χ1) is 9.63. The van der Waals surface area contributed by atoms with E-state index in [1.165, 1.54) is 5.57 Å². The van der Waals surface area contributed by atoms with Gasteiger partial charge in [0.1, 0.15) is 12.4 Å². The summed E-state index contributed by atoms with van der Waals surface area (Å²) in [6.07, 6.45) is 7.38. The summed E-state index contributed by atoms with van der Waals surface area (Å²) in [5.41, 5.74) is 1.99. The summed E-state index contributed by atoms with van der Waals surface area (Å²) in [5, 5.41) is 0.829. The molecule has 2 nitrogen and oxygen atoms in total. The van der Waals surface area contributed by atoms with Gasteiger partial charge in [-0.25, -0.2) is 0 Å². The van der Waals surface area contributed by atoms with Crippen molar-refractivity contribution in [1.29, 1.82) is 0 Å². The van der Waals surface area contributed by atoms with Gasteiger partial charge < -0.3 is 4.74 Å². The minimum absolute atomic E-state index is 0.174. The maximum atomic E-state index is 12.0. The van der Waals surface area contributed by atoms with Crippen molar-refractivity contribution in [1.82, 2.24) is 0 Å². The number of carbonyl (C=O) groups excluding carboxylic acids is 1. The number of ketones is 1. The second-order valence-electron chi connectivity index (χ2n) is 4.70. The minimum Gasteiger partial charge on any atom is -0.490 e. The van der Waals surface area contributed by atoms with Crippen molar-refractivity contribution in [2.75, 3.05) is 11.9 Å². The predicted molar refractivity (Wildman–Crippen MR) is 87.9 cm³/mol. The monoisotopic (exact) mass is 336 g/mol. The number of hydrogen-bond acceptors (Lipinski definition) is 2. The number of halogens is 1. The minimum atomic E-state index is 0.174. The molecule has 1 rings (SSSR count). The quantitative estimate of drug-likeness (QED) is 0.381. The number of alkyl halides is 1. The van der Waals surface area contributed by atoms with Crippen molar-refractivity contribution in [2.45, 2.75) is 26.7 Å². The van der Waals surface area contributed by atoms with Crippen LogP contribution in [0.2, 0.25) is 0 Å². The molecular weight excluding hydrogens is 316 g/mol. The summed E-state index contributed by atoms with van der Waals surface area (Å²) in [4.78, 5) is 12.0. The molecule has 0 aliphatic rings. The Bertz CT molecular complexity index is 468. The average molecular weight is 337 g/mol. The Kier molecular flexibility index (Phi) is 7.97. The molecule has 0 unspecified atom stereocenters. The topological polar surface area (TPSA) is 26.3 Å². The highest BCUT2D eigenvalue weighted by molar-refractivity contribution is 9.09. The molecule has 0 saturated heterocycles. The summed E-state index contributed by atoms with van der Waals surface area (Å²) < 4.78 is 5.53. The van der Waals surface area contributed by atoms with Gasteiger partial charge in [0.2, 0.25) is 0 Å². The van der Waals surface area contributed by atoms with E-state index in [9.17, 15) is 4.79 Å². The third-order valence-corrected chi connectivity index (χ3v) is 3.08. The molecule has 1 aromatic rings. The van der Waals surface area contributed by atoms with Crippen molar-refractivity contribution in [2.24, 2.45) is 0 Å². The summed E-state index contributed by atoms with van der Waals surface area (Å²) in [5.74, 6) is 0.957. The molecule has 1 aromatic carbocycles. The fourth-order valence-corrected chi connectivity index (χ4v) is 1.91. The Labute approximate surface area is 129 Å². The van der Waals surface area contributed by atoms with Crippen molar-refractivity contribution in [3.63, 3.8) is 0 Å². The van der Waals surface area contributed by atoms with E-state index in [-0.39, 0.29) is 5.78 Å². The summed E-state index contributed by atoms with van der Waals surface area (Å²) in [6, 6.07) is 7.34. The van der Waals surface area contributed by atoms with E-state index in [0.717, 1.165) is 23.1 Å². The lowest BCUT2D eigenvalue weighted by Crippen LogP contribution is -1.99.